The molecule has 0 aromatic rings. The largest absolute Gasteiger partial charge is 0.469 e. The highest BCUT2D eigenvalue weighted by atomic mass is 32.2. The van der Waals surface area contributed by atoms with Crippen molar-refractivity contribution in [2.45, 2.75) is 39.0 Å². The first-order valence-corrected chi connectivity index (χ1v) is 8.02. The molecule has 114 valence electrons. The van der Waals surface area contributed by atoms with Crippen LogP contribution < -0.4 is 0 Å². The fourth-order valence-corrected chi connectivity index (χ4v) is 3.03. The number of methoxy groups -OCH3 is 1. The van der Waals surface area contributed by atoms with E-state index in [1.807, 2.05) is 0 Å². The van der Waals surface area contributed by atoms with Crippen LogP contribution in [0.4, 0.5) is 0 Å². The second-order valence-corrected chi connectivity index (χ2v) is 6.20. The van der Waals surface area contributed by atoms with E-state index in [2.05, 4.69) is 4.74 Å². The number of hydrogen-bond acceptors (Lipinski definition) is 5. The Morgan fingerprint density at radius 1 is 1.35 bits per heavy atom. The number of esters is 1. The maximum atomic E-state index is 12.5. The lowest BCUT2D eigenvalue weighted by Gasteiger charge is -2.29. The summed E-state index contributed by atoms with van der Waals surface area (Å²) < 4.78 is 4.61. The van der Waals surface area contributed by atoms with E-state index in [0.29, 0.717) is 18.8 Å². The third-order valence-electron chi connectivity index (χ3n) is 3.44. The fourth-order valence-electron chi connectivity index (χ4n) is 2.28. The van der Waals surface area contributed by atoms with Gasteiger partial charge in [0.2, 0.25) is 5.91 Å². The fraction of sp³-hybridized carbons (Fsp3) is 0.786. The highest BCUT2D eigenvalue weighted by Crippen LogP contribution is 2.22. The number of likely N-dealkylation sites (tertiary alicyclic amines) is 1. The maximum Gasteiger partial charge on any atom is 0.307 e. The van der Waals surface area contributed by atoms with Crippen LogP contribution in [-0.2, 0) is 19.1 Å². The minimum atomic E-state index is -0.297. The normalized spacial score (nSPS) is 20.2. The van der Waals surface area contributed by atoms with Gasteiger partial charge < -0.3 is 9.64 Å². The quantitative estimate of drug-likeness (QED) is 0.725. The average molecular weight is 301 g/mol. The number of amides is 1. The molecule has 0 aromatic carbocycles. The monoisotopic (exact) mass is 301 g/mol. The van der Waals surface area contributed by atoms with Crippen LogP contribution in [0.2, 0.25) is 0 Å². The van der Waals surface area contributed by atoms with Crippen molar-refractivity contribution in [3.05, 3.63) is 0 Å². The van der Waals surface area contributed by atoms with Crippen molar-refractivity contribution < 1.29 is 19.1 Å². The van der Waals surface area contributed by atoms with E-state index < -0.39 is 0 Å². The summed E-state index contributed by atoms with van der Waals surface area (Å²) in [5, 5.41) is 0.0426. The van der Waals surface area contributed by atoms with Crippen LogP contribution in [0.5, 0.6) is 0 Å². The zero-order chi connectivity index (χ0) is 15.0. The Bertz CT molecular complexity index is 359. The second kappa shape index (κ2) is 9.00. The van der Waals surface area contributed by atoms with Gasteiger partial charge in [-0.25, -0.2) is 0 Å². The molecule has 0 radical (unpaired) electrons. The molecule has 5 nitrogen and oxygen atoms in total. The molecule has 0 aliphatic carbocycles. The first kappa shape index (κ1) is 17.0. The number of hydrogen-bond donors (Lipinski definition) is 0. The van der Waals surface area contributed by atoms with Crippen molar-refractivity contribution >= 4 is 28.8 Å². The molecule has 1 fully saturated rings. The van der Waals surface area contributed by atoms with Crippen LogP contribution in [0.1, 0.15) is 39.0 Å². The zero-order valence-corrected chi connectivity index (χ0v) is 13.0. The van der Waals surface area contributed by atoms with E-state index in [1.54, 1.807) is 4.90 Å². The summed E-state index contributed by atoms with van der Waals surface area (Å²) in [6, 6.07) is 0. The van der Waals surface area contributed by atoms with Crippen molar-refractivity contribution in [3.63, 3.8) is 0 Å². The lowest BCUT2D eigenvalue weighted by atomic mass is 9.98. The molecule has 1 amide bonds. The maximum absolute atomic E-state index is 12.5. The van der Waals surface area contributed by atoms with Gasteiger partial charge in [-0.1, -0.05) is 24.6 Å². The Labute approximate surface area is 124 Å². The molecule has 1 heterocycles. The Hall–Kier alpha value is -1.04. The zero-order valence-electron chi connectivity index (χ0n) is 12.2. The van der Waals surface area contributed by atoms with Gasteiger partial charge in [0.1, 0.15) is 0 Å². The Kier molecular flexibility index (Phi) is 7.65. The first-order chi connectivity index (χ1) is 9.54. The number of rotatable bonds is 5. The van der Waals surface area contributed by atoms with E-state index in [1.165, 1.54) is 25.8 Å². The van der Waals surface area contributed by atoms with Gasteiger partial charge in [-0.2, -0.15) is 0 Å². The number of carbonyl (C=O) groups excluding carboxylic acids is 3. The lowest BCUT2D eigenvalue weighted by Crippen LogP contribution is -2.40. The Balaban J connectivity index is 2.58. The summed E-state index contributed by atoms with van der Waals surface area (Å²) in [6.45, 7) is 2.62. The third-order valence-corrected chi connectivity index (χ3v) is 4.42. The molecule has 1 saturated heterocycles. The molecule has 1 atom stereocenters. The van der Waals surface area contributed by atoms with Gasteiger partial charge >= 0.3 is 5.97 Å². The average Bonchev–Trinajstić information content (AvgIpc) is 2.41. The summed E-state index contributed by atoms with van der Waals surface area (Å²) in [5.74, 6) is 0.210. The van der Waals surface area contributed by atoms with Gasteiger partial charge in [0.25, 0.3) is 0 Å². The van der Waals surface area contributed by atoms with Crippen molar-refractivity contribution in [2.24, 2.45) is 5.92 Å². The standard InChI is InChI=1S/C14H23NO4S/c1-11(16)20-10-12-6-4-3-5-8-15(14(12)18)9-7-13(17)19-2/h12H,3-10H2,1-2H3. The summed E-state index contributed by atoms with van der Waals surface area (Å²) in [6.07, 6.45) is 4.14. The van der Waals surface area contributed by atoms with Crippen LogP contribution in [0, 0.1) is 5.92 Å². The van der Waals surface area contributed by atoms with E-state index >= 15 is 0 Å². The van der Waals surface area contributed by atoms with Crippen molar-refractivity contribution in [3.8, 4) is 0 Å². The van der Waals surface area contributed by atoms with Gasteiger partial charge in [0.15, 0.2) is 5.12 Å². The van der Waals surface area contributed by atoms with E-state index in [0.717, 1.165) is 25.7 Å². The molecule has 20 heavy (non-hydrogen) atoms. The summed E-state index contributed by atoms with van der Waals surface area (Å²) in [7, 11) is 1.35. The number of ether oxygens (including phenoxy) is 1. The van der Waals surface area contributed by atoms with Crippen LogP contribution in [-0.4, -0.2) is 47.8 Å². The Morgan fingerprint density at radius 3 is 2.75 bits per heavy atom. The molecular weight excluding hydrogens is 278 g/mol. The first-order valence-electron chi connectivity index (χ1n) is 7.03. The summed E-state index contributed by atoms with van der Waals surface area (Å²) in [4.78, 5) is 36.5. The van der Waals surface area contributed by atoms with Gasteiger partial charge in [0, 0.05) is 31.7 Å². The Morgan fingerprint density at radius 2 is 2.10 bits per heavy atom. The molecule has 0 saturated carbocycles. The van der Waals surface area contributed by atoms with Gasteiger partial charge in [0.05, 0.1) is 13.5 Å². The highest BCUT2D eigenvalue weighted by Gasteiger charge is 2.26. The SMILES string of the molecule is COC(=O)CCN1CCCCCC(CSC(C)=O)C1=O. The van der Waals surface area contributed by atoms with Crippen LogP contribution in [0.25, 0.3) is 0 Å². The molecule has 1 aliphatic rings. The van der Waals surface area contributed by atoms with Crippen LogP contribution in [0.15, 0.2) is 0 Å². The van der Waals surface area contributed by atoms with Crippen LogP contribution in [0.3, 0.4) is 0 Å². The number of carbonyl (C=O) groups is 3. The highest BCUT2D eigenvalue weighted by molar-refractivity contribution is 8.13. The molecule has 0 aromatic heterocycles. The van der Waals surface area contributed by atoms with Gasteiger partial charge in [-0.15, -0.1) is 0 Å². The molecule has 1 unspecified atom stereocenters. The molecule has 6 heteroatoms. The third kappa shape index (κ3) is 5.94. The second-order valence-electron chi connectivity index (χ2n) is 5.00. The number of thioether (sulfide) groups is 1. The minimum Gasteiger partial charge on any atom is -0.469 e. The van der Waals surface area contributed by atoms with Gasteiger partial charge in [-0.05, 0) is 12.8 Å². The molecule has 0 spiro atoms. The smallest absolute Gasteiger partial charge is 0.307 e. The van der Waals surface area contributed by atoms with Crippen molar-refractivity contribution in [2.75, 3.05) is 26.0 Å². The van der Waals surface area contributed by atoms with Crippen LogP contribution >= 0.6 is 11.8 Å². The molecule has 1 aliphatic heterocycles. The number of nitrogens with zero attached hydrogens (tertiary/aromatic N) is 1. The topological polar surface area (TPSA) is 63.7 Å². The molecule has 0 bridgehead atoms. The predicted molar refractivity (Wildman–Crippen MR) is 78.3 cm³/mol. The van der Waals surface area contributed by atoms with Gasteiger partial charge in [-0.3, -0.25) is 14.4 Å². The van der Waals surface area contributed by atoms with E-state index in [9.17, 15) is 14.4 Å². The molecular formula is C14H23NO4S. The summed E-state index contributed by atoms with van der Waals surface area (Å²) >= 11 is 1.21. The molecule has 0 N–H and O–H groups in total. The van der Waals surface area contributed by atoms with E-state index in [4.69, 9.17) is 0 Å². The molecule has 1 rings (SSSR count). The predicted octanol–water partition coefficient (Wildman–Crippen LogP) is 1.85. The van der Waals surface area contributed by atoms with E-state index in [-0.39, 0.29) is 29.3 Å². The summed E-state index contributed by atoms with van der Waals surface area (Å²) in [5.41, 5.74) is 0. The lowest BCUT2D eigenvalue weighted by molar-refractivity contribution is -0.142. The minimum absolute atomic E-state index is 0.0426. The van der Waals surface area contributed by atoms with Crippen molar-refractivity contribution in [1.82, 2.24) is 4.90 Å². The van der Waals surface area contributed by atoms with Crippen molar-refractivity contribution in [1.29, 1.82) is 0 Å².